The van der Waals surface area contributed by atoms with Crippen molar-refractivity contribution in [2.24, 2.45) is 0 Å². The van der Waals surface area contributed by atoms with Crippen LogP contribution < -0.4 is 4.74 Å². The number of H-pyrrole nitrogens is 1. The molecule has 5 rings (SSSR count). The Morgan fingerprint density at radius 3 is 2.71 bits per heavy atom. The van der Waals surface area contributed by atoms with Crippen LogP contribution in [0.2, 0.25) is 5.02 Å². The van der Waals surface area contributed by atoms with E-state index in [0.717, 1.165) is 29.8 Å². The van der Waals surface area contributed by atoms with Gasteiger partial charge in [0.2, 0.25) is 0 Å². The van der Waals surface area contributed by atoms with Crippen molar-refractivity contribution >= 4 is 11.6 Å². The number of aromatic nitrogens is 7. The molecule has 0 amide bonds. The number of aromatic amines is 1. The summed E-state index contributed by atoms with van der Waals surface area (Å²) in [5.74, 6) is 1.33. The number of pyridine rings is 1. The van der Waals surface area contributed by atoms with Gasteiger partial charge >= 0.3 is 6.01 Å². The third-order valence-electron chi connectivity index (χ3n) is 4.57. The molecule has 0 spiro atoms. The number of nitrogens with one attached hydrogen (secondary N) is 1. The van der Waals surface area contributed by atoms with Crippen molar-refractivity contribution in [3.8, 4) is 17.4 Å². The van der Waals surface area contributed by atoms with Gasteiger partial charge in [0, 0.05) is 34.6 Å². The van der Waals surface area contributed by atoms with Gasteiger partial charge < -0.3 is 4.74 Å². The Hall–Kier alpha value is -3.26. The molecule has 8 nitrogen and oxygen atoms in total. The highest BCUT2D eigenvalue weighted by Crippen LogP contribution is 2.42. The average Bonchev–Trinajstić information content (AvgIpc) is 3.25. The zero-order valence-electron chi connectivity index (χ0n) is 14.7. The van der Waals surface area contributed by atoms with Crippen molar-refractivity contribution in [1.82, 2.24) is 34.9 Å². The standard InChI is InChI=1S/C19H16ClN7O/c20-14-3-1-2-13(10-14)16(17-22-11-23-24-17)28-19-26-25-18(27(19)15-4-5-15)12-6-8-21-9-7-12/h1-3,6-11,15-16H,4-5H2,(H,22,23,24). The van der Waals surface area contributed by atoms with Crippen molar-refractivity contribution < 1.29 is 4.74 Å². The molecule has 0 saturated heterocycles. The Bertz CT molecular complexity index is 1080. The fraction of sp³-hybridized carbons (Fsp3) is 0.211. The van der Waals surface area contributed by atoms with E-state index in [1.165, 1.54) is 6.33 Å². The van der Waals surface area contributed by atoms with Gasteiger partial charge in [-0.25, -0.2) is 4.98 Å². The quantitative estimate of drug-likeness (QED) is 0.537. The van der Waals surface area contributed by atoms with E-state index in [-0.39, 0.29) is 0 Å². The van der Waals surface area contributed by atoms with Crippen molar-refractivity contribution in [3.63, 3.8) is 0 Å². The number of benzene rings is 1. The van der Waals surface area contributed by atoms with Gasteiger partial charge in [0.25, 0.3) is 0 Å². The predicted octanol–water partition coefficient (Wildman–Crippen LogP) is 3.61. The summed E-state index contributed by atoms with van der Waals surface area (Å²) in [6, 6.07) is 12.1. The Morgan fingerprint density at radius 2 is 2.00 bits per heavy atom. The molecule has 1 aliphatic rings. The Kier molecular flexibility index (Phi) is 4.25. The first-order chi connectivity index (χ1) is 13.8. The minimum atomic E-state index is -0.534. The lowest BCUT2D eigenvalue weighted by molar-refractivity contribution is 0.206. The predicted molar refractivity (Wildman–Crippen MR) is 102 cm³/mol. The van der Waals surface area contributed by atoms with Crippen LogP contribution in [0.3, 0.4) is 0 Å². The fourth-order valence-electron chi connectivity index (χ4n) is 3.12. The summed E-state index contributed by atoms with van der Waals surface area (Å²) in [5.41, 5.74) is 1.79. The van der Waals surface area contributed by atoms with Gasteiger partial charge in [0.15, 0.2) is 17.8 Å². The molecule has 3 aromatic heterocycles. The molecule has 0 bridgehead atoms. The van der Waals surface area contributed by atoms with E-state index in [4.69, 9.17) is 16.3 Å². The zero-order chi connectivity index (χ0) is 18.9. The minimum absolute atomic E-state index is 0.322. The molecule has 0 radical (unpaired) electrons. The molecular formula is C19H16ClN7O. The maximum atomic E-state index is 6.32. The number of ether oxygens (including phenoxy) is 1. The van der Waals surface area contributed by atoms with Crippen LogP contribution in [-0.2, 0) is 0 Å². The van der Waals surface area contributed by atoms with E-state index >= 15 is 0 Å². The second kappa shape index (κ2) is 7.05. The summed E-state index contributed by atoms with van der Waals surface area (Å²) >= 11 is 6.19. The second-order valence-electron chi connectivity index (χ2n) is 6.57. The van der Waals surface area contributed by atoms with Crippen LogP contribution in [0.25, 0.3) is 11.4 Å². The molecule has 0 aliphatic heterocycles. The largest absolute Gasteiger partial charge is 0.447 e. The average molecular weight is 394 g/mol. The third kappa shape index (κ3) is 3.22. The first-order valence-electron chi connectivity index (χ1n) is 8.92. The molecule has 28 heavy (non-hydrogen) atoms. The molecule has 1 saturated carbocycles. The summed E-state index contributed by atoms with van der Waals surface area (Å²) in [5, 5.41) is 16.2. The molecule has 1 N–H and O–H groups in total. The van der Waals surface area contributed by atoms with Crippen molar-refractivity contribution in [1.29, 1.82) is 0 Å². The number of hydrogen-bond acceptors (Lipinski definition) is 6. The van der Waals surface area contributed by atoms with Gasteiger partial charge in [-0.05, 0) is 37.1 Å². The molecule has 9 heteroatoms. The van der Waals surface area contributed by atoms with E-state index in [9.17, 15) is 0 Å². The normalized spacial score (nSPS) is 14.8. The van der Waals surface area contributed by atoms with Gasteiger partial charge in [-0.3, -0.25) is 14.6 Å². The molecule has 1 aliphatic carbocycles. The first kappa shape index (κ1) is 16.9. The van der Waals surface area contributed by atoms with Crippen LogP contribution in [0, 0.1) is 0 Å². The maximum absolute atomic E-state index is 6.32. The summed E-state index contributed by atoms with van der Waals surface area (Å²) in [4.78, 5) is 8.35. The number of rotatable bonds is 6. The van der Waals surface area contributed by atoms with Gasteiger partial charge in [0.1, 0.15) is 6.33 Å². The molecule has 1 unspecified atom stereocenters. The Labute approximate surface area is 165 Å². The lowest BCUT2D eigenvalue weighted by Gasteiger charge is -2.18. The SMILES string of the molecule is Clc1cccc(C(Oc2nnc(-c3ccncc3)n2C2CC2)c2ncn[nH]2)c1. The van der Waals surface area contributed by atoms with Crippen LogP contribution in [-0.4, -0.2) is 34.9 Å². The van der Waals surface area contributed by atoms with Crippen molar-refractivity contribution in [2.75, 3.05) is 0 Å². The van der Waals surface area contributed by atoms with Crippen LogP contribution in [0.15, 0.2) is 55.1 Å². The number of halogens is 1. The number of hydrogen-bond donors (Lipinski definition) is 1. The molecule has 3 heterocycles. The Morgan fingerprint density at radius 1 is 1.14 bits per heavy atom. The molecule has 1 atom stereocenters. The smallest absolute Gasteiger partial charge is 0.318 e. The van der Waals surface area contributed by atoms with Crippen LogP contribution in [0.4, 0.5) is 0 Å². The Balaban J connectivity index is 1.56. The number of nitrogens with zero attached hydrogens (tertiary/aromatic N) is 6. The van der Waals surface area contributed by atoms with Gasteiger partial charge in [0.05, 0.1) is 0 Å². The lowest BCUT2D eigenvalue weighted by atomic mass is 10.1. The van der Waals surface area contributed by atoms with E-state index in [1.807, 2.05) is 41.0 Å². The molecule has 140 valence electrons. The van der Waals surface area contributed by atoms with Crippen LogP contribution in [0.5, 0.6) is 6.01 Å². The summed E-state index contributed by atoms with van der Waals surface area (Å²) in [6.45, 7) is 0. The zero-order valence-corrected chi connectivity index (χ0v) is 15.5. The summed E-state index contributed by atoms with van der Waals surface area (Å²) in [7, 11) is 0. The summed E-state index contributed by atoms with van der Waals surface area (Å²) in [6.07, 6.45) is 6.53. The fourth-order valence-corrected chi connectivity index (χ4v) is 3.31. The van der Waals surface area contributed by atoms with Gasteiger partial charge in [-0.1, -0.05) is 28.8 Å². The highest BCUT2D eigenvalue weighted by Gasteiger charge is 2.32. The second-order valence-corrected chi connectivity index (χ2v) is 7.00. The molecular weight excluding hydrogens is 378 g/mol. The molecule has 1 aromatic carbocycles. The molecule has 4 aromatic rings. The van der Waals surface area contributed by atoms with Crippen LogP contribution >= 0.6 is 11.6 Å². The topological polar surface area (TPSA) is 94.4 Å². The minimum Gasteiger partial charge on any atom is -0.447 e. The third-order valence-corrected chi connectivity index (χ3v) is 4.81. The summed E-state index contributed by atoms with van der Waals surface area (Å²) < 4.78 is 8.36. The van der Waals surface area contributed by atoms with Gasteiger partial charge in [-0.2, -0.15) is 5.10 Å². The highest BCUT2D eigenvalue weighted by atomic mass is 35.5. The monoisotopic (exact) mass is 393 g/mol. The van der Waals surface area contributed by atoms with Crippen molar-refractivity contribution in [2.45, 2.75) is 25.0 Å². The first-order valence-corrected chi connectivity index (χ1v) is 9.30. The maximum Gasteiger partial charge on any atom is 0.318 e. The lowest BCUT2D eigenvalue weighted by Crippen LogP contribution is -2.14. The van der Waals surface area contributed by atoms with Crippen molar-refractivity contribution in [3.05, 3.63) is 71.5 Å². The van der Waals surface area contributed by atoms with E-state index in [2.05, 4.69) is 30.4 Å². The van der Waals surface area contributed by atoms with Gasteiger partial charge in [-0.15, -0.1) is 5.10 Å². The van der Waals surface area contributed by atoms with E-state index < -0.39 is 6.10 Å². The molecule has 1 fully saturated rings. The van der Waals surface area contributed by atoms with Crippen LogP contribution in [0.1, 0.15) is 36.4 Å². The van der Waals surface area contributed by atoms with E-state index in [0.29, 0.717) is 22.9 Å². The highest BCUT2D eigenvalue weighted by molar-refractivity contribution is 6.30. The van der Waals surface area contributed by atoms with E-state index in [1.54, 1.807) is 12.4 Å².